The highest BCUT2D eigenvalue weighted by atomic mass is 19.4. The van der Waals surface area contributed by atoms with E-state index in [4.69, 9.17) is 0 Å². The first-order chi connectivity index (χ1) is 17.1. The predicted octanol–water partition coefficient (Wildman–Crippen LogP) is 5.04. The molecule has 2 fully saturated rings. The second kappa shape index (κ2) is 10.8. The second-order valence-electron chi connectivity index (χ2n) is 9.70. The van der Waals surface area contributed by atoms with Gasteiger partial charge in [-0.3, -0.25) is 9.59 Å². The van der Waals surface area contributed by atoms with Crippen LogP contribution in [0.4, 0.5) is 30.2 Å². The van der Waals surface area contributed by atoms with Gasteiger partial charge in [-0.25, -0.2) is 0 Å². The fraction of sp³-hybridized carbons (Fsp3) is 0.481. The van der Waals surface area contributed by atoms with Crippen molar-refractivity contribution < 1.29 is 22.8 Å². The van der Waals surface area contributed by atoms with E-state index < -0.39 is 12.1 Å². The van der Waals surface area contributed by atoms with Gasteiger partial charge < -0.3 is 20.0 Å². The first kappa shape index (κ1) is 25.9. The summed E-state index contributed by atoms with van der Waals surface area (Å²) in [5, 5.41) is 3.33. The summed E-state index contributed by atoms with van der Waals surface area (Å²) in [6.45, 7) is 4.32. The fourth-order valence-corrected chi connectivity index (χ4v) is 4.99. The summed E-state index contributed by atoms with van der Waals surface area (Å²) in [6, 6.07) is 15.5. The molecule has 194 valence electrons. The number of likely N-dealkylation sites (tertiary alicyclic amines) is 1. The molecule has 6 nitrogen and oxygen atoms in total. The quantitative estimate of drug-likeness (QED) is 0.577. The van der Waals surface area contributed by atoms with E-state index in [0.717, 1.165) is 22.6 Å². The number of anilines is 3. The minimum atomic E-state index is -4.10. The Morgan fingerprint density at radius 2 is 1.61 bits per heavy atom. The molecule has 1 atom stereocenters. The maximum atomic E-state index is 12.9. The Labute approximate surface area is 210 Å². The van der Waals surface area contributed by atoms with Gasteiger partial charge in [-0.1, -0.05) is 12.1 Å². The summed E-state index contributed by atoms with van der Waals surface area (Å²) in [7, 11) is 1.76. The maximum Gasteiger partial charge on any atom is 0.391 e. The summed E-state index contributed by atoms with van der Waals surface area (Å²) in [4.78, 5) is 30.1. The molecule has 2 amide bonds. The van der Waals surface area contributed by atoms with Crippen molar-refractivity contribution in [2.75, 3.05) is 43.4 Å². The minimum absolute atomic E-state index is 0.00998. The number of hydrogen-bond acceptors (Lipinski definition) is 4. The van der Waals surface area contributed by atoms with E-state index in [1.165, 1.54) is 0 Å². The van der Waals surface area contributed by atoms with Crippen molar-refractivity contribution in [1.82, 2.24) is 9.80 Å². The van der Waals surface area contributed by atoms with E-state index in [1.54, 1.807) is 16.8 Å². The van der Waals surface area contributed by atoms with Crippen molar-refractivity contribution in [3.05, 3.63) is 54.1 Å². The second-order valence-corrected chi connectivity index (χ2v) is 9.70. The van der Waals surface area contributed by atoms with Gasteiger partial charge in [0.1, 0.15) is 0 Å². The SMILES string of the molecule is CCN1CC(C(=O)N(C)Cc2ccc(Nc3ccc(N4CCC(C(F)(F)F)CC4)cc3)cc2)CC1=O. The molecular weight excluding hydrogens is 469 g/mol. The number of nitrogens with one attached hydrogen (secondary N) is 1. The fourth-order valence-electron chi connectivity index (χ4n) is 4.99. The Morgan fingerprint density at radius 1 is 1.03 bits per heavy atom. The number of piperidine rings is 1. The van der Waals surface area contributed by atoms with Gasteiger partial charge in [-0.2, -0.15) is 13.2 Å². The molecule has 2 heterocycles. The zero-order chi connectivity index (χ0) is 25.9. The highest BCUT2D eigenvalue weighted by Gasteiger charge is 2.41. The molecule has 4 rings (SSSR count). The number of hydrogen-bond donors (Lipinski definition) is 1. The van der Waals surface area contributed by atoms with Crippen molar-refractivity contribution >= 4 is 28.9 Å². The number of nitrogens with zero attached hydrogens (tertiary/aromatic N) is 3. The monoisotopic (exact) mass is 502 g/mol. The Bertz CT molecular complexity index is 1050. The van der Waals surface area contributed by atoms with E-state index in [0.29, 0.717) is 32.7 Å². The van der Waals surface area contributed by atoms with Gasteiger partial charge in [0, 0.05) is 63.3 Å². The summed E-state index contributed by atoms with van der Waals surface area (Å²) in [5.74, 6) is -1.45. The molecule has 0 aliphatic carbocycles. The third kappa shape index (κ3) is 6.12. The Morgan fingerprint density at radius 3 is 2.14 bits per heavy atom. The van der Waals surface area contributed by atoms with Crippen molar-refractivity contribution in [3.8, 4) is 0 Å². The van der Waals surface area contributed by atoms with Crippen molar-refractivity contribution in [1.29, 1.82) is 0 Å². The first-order valence-corrected chi connectivity index (χ1v) is 12.4. The highest BCUT2D eigenvalue weighted by Crippen LogP contribution is 2.35. The molecule has 0 bridgehead atoms. The normalized spacial score (nSPS) is 19.0. The average Bonchev–Trinajstić information content (AvgIpc) is 3.25. The summed E-state index contributed by atoms with van der Waals surface area (Å²) in [6.07, 6.45) is -3.56. The van der Waals surface area contributed by atoms with E-state index in [-0.39, 0.29) is 37.0 Å². The highest BCUT2D eigenvalue weighted by molar-refractivity contribution is 5.89. The van der Waals surface area contributed by atoms with Gasteiger partial charge in [0.25, 0.3) is 0 Å². The standard InChI is InChI=1S/C27H33F3N4O2/c1-3-33-18-20(16-25(33)35)26(36)32(2)17-19-4-6-22(7-5-19)31-23-8-10-24(11-9-23)34-14-12-21(13-15-34)27(28,29)30/h4-11,20-21,31H,3,12-18H2,1-2H3. The van der Waals surface area contributed by atoms with Crippen LogP contribution < -0.4 is 10.2 Å². The molecule has 2 aliphatic rings. The van der Waals surface area contributed by atoms with E-state index in [1.807, 2.05) is 60.4 Å². The van der Waals surface area contributed by atoms with E-state index in [9.17, 15) is 22.8 Å². The van der Waals surface area contributed by atoms with Gasteiger partial charge in [-0.15, -0.1) is 0 Å². The van der Waals surface area contributed by atoms with E-state index >= 15 is 0 Å². The Kier molecular flexibility index (Phi) is 7.76. The van der Waals surface area contributed by atoms with Gasteiger partial charge >= 0.3 is 6.18 Å². The van der Waals surface area contributed by atoms with Crippen LogP contribution in [0.2, 0.25) is 0 Å². The molecular formula is C27H33F3N4O2. The number of rotatable bonds is 7. The molecule has 0 aromatic heterocycles. The van der Waals surface area contributed by atoms with Crippen molar-refractivity contribution in [2.45, 2.75) is 38.9 Å². The summed E-state index contributed by atoms with van der Waals surface area (Å²) >= 11 is 0. The lowest BCUT2D eigenvalue weighted by atomic mass is 9.96. The van der Waals surface area contributed by atoms with Crippen LogP contribution in [0.1, 0.15) is 31.7 Å². The average molecular weight is 503 g/mol. The molecule has 0 saturated carbocycles. The molecule has 2 aromatic carbocycles. The topological polar surface area (TPSA) is 55.9 Å². The summed E-state index contributed by atoms with van der Waals surface area (Å²) < 4.78 is 38.7. The Hall–Kier alpha value is -3.23. The first-order valence-electron chi connectivity index (χ1n) is 12.4. The van der Waals surface area contributed by atoms with Crippen molar-refractivity contribution in [2.24, 2.45) is 11.8 Å². The van der Waals surface area contributed by atoms with Crippen molar-refractivity contribution in [3.63, 3.8) is 0 Å². The predicted molar refractivity (Wildman–Crippen MR) is 134 cm³/mol. The van der Waals surface area contributed by atoms with Crippen LogP contribution in [-0.4, -0.2) is 61.0 Å². The number of amides is 2. The number of carbonyl (C=O) groups is 2. The number of halogens is 3. The zero-order valence-corrected chi connectivity index (χ0v) is 20.7. The van der Waals surface area contributed by atoms with Crippen LogP contribution in [0, 0.1) is 11.8 Å². The Balaban J connectivity index is 1.27. The molecule has 1 N–H and O–H groups in total. The van der Waals surface area contributed by atoms with Crippen LogP contribution >= 0.6 is 0 Å². The van der Waals surface area contributed by atoms with Gasteiger partial charge in [-0.05, 0) is 61.7 Å². The molecule has 0 radical (unpaired) electrons. The lowest BCUT2D eigenvalue weighted by Gasteiger charge is -2.34. The largest absolute Gasteiger partial charge is 0.391 e. The number of benzene rings is 2. The van der Waals surface area contributed by atoms with Gasteiger partial charge in [0.05, 0.1) is 11.8 Å². The maximum absolute atomic E-state index is 12.9. The van der Waals surface area contributed by atoms with Crippen LogP contribution in [-0.2, 0) is 16.1 Å². The molecule has 0 spiro atoms. The van der Waals surface area contributed by atoms with Crippen LogP contribution in [0.25, 0.3) is 0 Å². The molecule has 2 aromatic rings. The lowest BCUT2D eigenvalue weighted by Crippen LogP contribution is -2.38. The third-order valence-corrected chi connectivity index (χ3v) is 7.17. The molecule has 1 unspecified atom stereocenters. The molecule has 36 heavy (non-hydrogen) atoms. The van der Waals surface area contributed by atoms with E-state index in [2.05, 4.69) is 5.32 Å². The van der Waals surface area contributed by atoms with Gasteiger partial charge in [0.15, 0.2) is 0 Å². The van der Waals surface area contributed by atoms with Crippen LogP contribution in [0.15, 0.2) is 48.5 Å². The van der Waals surface area contributed by atoms with Crippen LogP contribution in [0.3, 0.4) is 0 Å². The smallest absolute Gasteiger partial charge is 0.372 e. The number of carbonyl (C=O) groups excluding carboxylic acids is 2. The molecule has 2 saturated heterocycles. The van der Waals surface area contributed by atoms with Crippen LogP contribution in [0.5, 0.6) is 0 Å². The third-order valence-electron chi connectivity index (χ3n) is 7.17. The molecule has 9 heteroatoms. The minimum Gasteiger partial charge on any atom is -0.372 e. The lowest BCUT2D eigenvalue weighted by molar-refractivity contribution is -0.179. The zero-order valence-electron chi connectivity index (χ0n) is 20.7. The molecule has 2 aliphatic heterocycles. The van der Waals surface area contributed by atoms with Gasteiger partial charge in [0.2, 0.25) is 11.8 Å². The number of alkyl halides is 3. The summed E-state index contributed by atoms with van der Waals surface area (Å²) in [5.41, 5.74) is 3.70.